The fourth-order valence-corrected chi connectivity index (χ4v) is 1.60. The molecule has 14 heavy (non-hydrogen) atoms. The number of fused-ring (bicyclic) bond motifs is 1. The summed E-state index contributed by atoms with van der Waals surface area (Å²) in [6.07, 6.45) is 3.96. The molecule has 0 amide bonds. The predicted octanol–water partition coefficient (Wildman–Crippen LogP) is 1.88. The minimum absolute atomic E-state index is 0.186. The van der Waals surface area contributed by atoms with Gasteiger partial charge in [0, 0.05) is 17.8 Å². The highest BCUT2D eigenvalue weighted by Crippen LogP contribution is 2.20. The van der Waals surface area contributed by atoms with Crippen LogP contribution in [-0.4, -0.2) is 11.5 Å². The molecule has 2 nitrogen and oxygen atoms in total. The Kier molecular flexibility index (Phi) is 2.41. The highest BCUT2D eigenvalue weighted by atomic mass is 19.1. The fraction of sp³-hybridized carbons (Fsp3) is 0.182. The molecule has 0 saturated carbocycles. The molecule has 0 aliphatic carbocycles. The lowest BCUT2D eigenvalue weighted by molar-refractivity contribution is 0.612. The molecular formula is C11H11FN2. The predicted molar refractivity (Wildman–Crippen MR) is 54.5 cm³/mol. The monoisotopic (exact) mass is 190 g/mol. The molecule has 0 unspecified atom stereocenters. The summed E-state index contributed by atoms with van der Waals surface area (Å²) in [4.78, 5) is 3.99. The standard InChI is InChI=1S/C11H11FN2/c12-11-2-1-8-7-14-6-4-9(8)10(11)3-5-13/h1-2,4,6-7H,3,5,13H2. The maximum absolute atomic E-state index is 13.4. The first-order valence-electron chi connectivity index (χ1n) is 4.54. The molecule has 0 spiro atoms. The largest absolute Gasteiger partial charge is 0.330 e. The van der Waals surface area contributed by atoms with Crippen molar-refractivity contribution < 1.29 is 4.39 Å². The summed E-state index contributed by atoms with van der Waals surface area (Å²) in [5.74, 6) is -0.186. The Balaban J connectivity index is 2.69. The summed E-state index contributed by atoms with van der Waals surface area (Å²) in [6, 6.07) is 5.02. The molecule has 0 atom stereocenters. The zero-order chi connectivity index (χ0) is 9.97. The summed E-state index contributed by atoms with van der Waals surface area (Å²) in [6.45, 7) is 0.457. The number of rotatable bonds is 2. The first-order valence-corrected chi connectivity index (χ1v) is 4.54. The van der Waals surface area contributed by atoms with Crippen LogP contribution in [0.15, 0.2) is 30.6 Å². The van der Waals surface area contributed by atoms with Crippen molar-refractivity contribution in [2.24, 2.45) is 5.73 Å². The van der Waals surface area contributed by atoms with E-state index in [2.05, 4.69) is 4.98 Å². The highest BCUT2D eigenvalue weighted by molar-refractivity contribution is 5.84. The molecule has 0 radical (unpaired) electrons. The number of pyridine rings is 1. The van der Waals surface area contributed by atoms with Gasteiger partial charge < -0.3 is 5.73 Å². The second-order valence-electron chi connectivity index (χ2n) is 3.16. The maximum atomic E-state index is 13.4. The zero-order valence-corrected chi connectivity index (χ0v) is 7.70. The second-order valence-corrected chi connectivity index (χ2v) is 3.16. The molecule has 0 fully saturated rings. The van der Waals surface area contributed by atoms with Gasteiger partial charge in [0.2, 0.25) is 0 Å². The van der Waals surface area contributed by atoms with Crippen LogP contribution in [0.2, 0.25) is 0 Å². The van der Waals surface area contributed by atoms with Crippen molar-refractivity contribution in [2.75, 3.05) is 6.54 Å². The van der Waals surface area contributed by atoms with Crippen molar-refractivity contribution in [1.82, 2.24) is 4.98 Å². The lowest BCUT2D eigenvalue weighted by Gasteiger charge is -2.05. The van der Waals surface area contributed by atoms with Crippen LogP contribution in [0, 0.1) is 5.82 Å². The second kappa shape index (κ2) is 3.72. The summed E-state index contributed by atoms with van der Waals surface area (Å²) in [5, 5.41) is 1.86. The van der Waals surface area contributed by atoms with Crippen LogP contribution in [0.1, 0.15) is 5.56 Å². The van der Waals surface area contributed by atoms with Crippen molar-refractivity contribution in [3.63, 3.8) is 0 Å². The Bertz CT molecular complexity index is 454. The number of hydrogen-bond donors (Lipinski definition) is 1. The number of hydrogen-bond acceptors (Lipinski definition) is 2. The van der Waals surface area contributed by atoms with Crippen molar-refractivity contribution >= 4 is 10.8 Å². The lowest BCUT2D eigenvalue weighted by Crippen LogP contribution is -2.05. The maximum Gasteiger partial charge on any atom is 0.127 e. The van der Waals surface area contributed by atoms with Gasteiger partial charge in [-0.15, -0.1) is 0 Å². The average molecular weight is 190 g/mol. The SMILES string of the molecule is NCCc1c(F)ccc2cnccc12. The molecule has 72 valence electrons. The van der Waals surface area contributed by atoms with Crippen LogP contribution < -0.4 is 5.73 Å². The van der Waals surface area contributed by atoms with E-state index in [-0.39, 0.29) is 5.82 Å². The highest BCUT2D eigenvalue weighted by Gasteiger charge is 2.05. The van der Waals surface area contributed by atoms with Crippen LogP contribution in [0.5, 0.6) is 0 Å². The van der Waals surface area contributed by atoms with Crippen LogP contribution in [0.4, 0.5) is 4.39 Å². The van der Waals surface area contributed by atoms with Crippen LogP contribution in [0.25, 0.3) is 10.8 Å². The summed E-state index contributed by atoms with van der Waals surface area (Å²) >= 11 is 0. The molecule has 3 heteroatoms. The van der Waals surface area contributed by atoms with E-state index in [1.54, 1.807) is 18.5 Å². The van der Waals surface area contributed by atoms with E-state index < -0.39 is 0 Å². The van der Waals surface area contributed by atoms with E-state index in [1.807, 2.05) is 6.07 Å². The topological polar surface area (TPSA) is 38.9 Å². The zero-order valence-electron chi connectivity index (χ0n) is 7.70. The van der Waals surface area contributed by atoms with Crippen molar-refractivity contribution in [1.29, 1.82) is 0 Å². The Hall–Kier alpha value is -1.48. The van der Waals surface area contributed by atoms with Gasteiger partial charge in [0.1, 0.15) is 5.82 Å². The molecule has 2 rings (SSSR count). The lowest BCUT2D eigenvalue weighted by atomic mass is 10.0. The van der Waals surface area contributed by atoms with E-state index in [0.29, 0.717) is 18.5 Å². The third kappa shape index (κ3) is 1.46. The van der Waals surface area contributed by atoms with E-state index in [1.165, 1.54) is 6.07 Å². The number of nitrogens with two attached hydrogens (primary N) is 1. The Morgan fingerprint density at radius 2 is 2.14 bits per heavy atom. The van der Waals surface area contributed by atoms with Crippen LogP contribution in [-0.2, 0) is 6.42 Å². The molecule has 2 N–H and O–H groups in total. The summed E-state index contributed by atoms with van der Waals surface area (Å²) in [5.41, 5.74) is 6.13. The van der Waals surface area contributed by atoms with Crippen molar-refractivity contribution in [3.05, 3.63) is 42.0 Å². The molecule has 0 saturated heterocycles. The molecular weight excluding hydrogens is 179 g/mol. The Morgan fingerprint density at radius 3 is 2.93 bits per heavy atom. The van der Waals surface area contributed by atoms with Gasteiger partial charge in [-0.2, -0.15) is 0 Å². The number of benzene rings is 1. The third-order valence-corrected chi connectivity index (χ3v) is 2.27. The smallest absolute Gasteiger partial charge is 0.127 e. The van der Waals surface area contributed by atoms with Crippen LogP contribution in [0.3, 0.4) is 0 Å². The molecule has 1 aromatic heterocycles. The van der Waals surface area contributed by atoms with Crippen molar-refractivity contribution in [2.45, 2.75) is 6.42 Å². The van der Waals surface area contributed by atoms with Crippen molar-refractivity contribution in [3.8, 4) is 0 Å². The average Bonchev–Trinajstić information content (AvgIpc) is 2.23. The number of aromatic nitrogens is 1. The van der Waals surface area contributed by atoms with Gasteiger partial charge in [-0.05, 0) is 42.1 Å². The van der Waals surface area contributed by atoms with Gasteiger partial charge in [-0.1, -0.05) is 0 Å². The number of nitrogens with zero attached hydrogens (tertiary/aromatic N) is 1. The fourth-order valence-electron chi connectivity index (χ4n) is 1.60. The van der Waals surface area contributed by atoms with Gasteiger partial charge in [0.25, 0.3) is 0 Å². The van der Waals surface area contributed by atoms with Gasteiger partial charge >= 0.3 is 0 Å². The molecule has 2 aromatic rings. The van der Waals surface area contributed by atoms with Gasteiger partial charge in [-0.25, -0.2) is 4.39 Å². The quantitative estimate of drug-likeness (QED) is 0.785. The third-order valence-electron chi connectivity index (χ3n) is 2.27. The number of halogens is 1. The van der Waals surface area contributed by atoms with E-state index in [9.17, 15) is 4.39 Å². The van der Waals surface area contributed by atoms with Gasteiger partial charge in [0.05, 0.1) is 0 Å². The van der Waals surface area contributed by atoms with E-state index >= 15 is 0 Å². The summed E-state index contributed by atoms with van der Waals surface area (Å²) < 4.78 is 13.4. The Morgan fingerprint density at radius 1 is 1.29 bits per heavy atom. The Labute approximate surface area is 81.6 Å². The molecule has 0 aliphatic heterocycles. The normalized spacial score (nSPS) is 10.7. The minimum atomic E-state index is -0.186. The molecule has 1 heterocycles. The molecule has 0 bridgehead atoms. The molecule has 0 aliphatic rings. The van der Waals surface area contributed by atoms with Crippen LogP contribution >= 0.6 is 0 Å². The first kappa shape index (κ1) is 9.09. The molecule has 1 aromatic carbocycles. The first-order chi connectivity index (χ1) is 6.83. The van der Waals surface area contributed by atoms with Gasteiger partial charge in [0.15, 0.2) is 0 Å². The minimum Gasteiger partial charge on any atom is -0.330 e. The van der Waals surface area contributed by atoms with E-state index in [0.717, 1.165) is 10.8 Å². The van der Waals surface area contributed by atoms with E-state index in [4.69, 9.17) is 5.73 Å². The van der Waals surface area contributed by atoms with Gasteiger partial charge in [-0.3, -0.25) is 4.98 Å². The summed E-state index contributed by atoms with van der Waals surface area (Å²) in [7, 11) is 0.